The summed E-state index contributed by atoms with van der Waals surface area (Å²) in [6.45, 7) is 12.5. The number of imidazole rings is 1. The highest BCUT2D eigenvalue weighted by molar-refractivity contribution is 5.75. The van der Waals surface area contributed by atoms with Crippen molar-refractivity contribution in [1.82, 2.24) is 9.55 Å². The molecule has 0 amide bonds. The summed E-state index contributed by atoms with van der Waals surface area (Å²) in [4.78, 5) is 4.85. The molecule has 0 fully saturated rings. The van der Waals surface area contributed by atoms with Gasteiger partial charge < -0.3 is 9.30 Å². The van der Waals surface area contributed by atoms with Crippen molar-refractivity contribution in [2.45, 2.75) is 60.1 Å². The van der Waals surface area contributed by atoms with Gasteiger partial charge in [0, 0.05) is 6.54 Å². The van der Waals surface area contributed by atoms with Crippen LogP contribution >= 0.6 is 0 Å². The standard InChI is InChI=1S/C23H30N2O/c1-6-17(4)14-25-21-10-8-7-9-20(21)24-23(25)15-26-22-13-18(5)11-12-19(22)16(2)3/h7-13,16-17H,6,14-15H2,1-5H3. The molecule has 1 atom stereocenters. The Morgan fingerprint density at radius 3 is 2.58 bits per heavy atom. The van der Waals surface area contributed by atoms with Gasteiger partial charge in [0.2, 0.25) is 0 Å². The van der Waals surface area contributed by atoms with Crippen molar-refractivity contribution < 1.29 is 4.74 Å². The quantitative estimate of drug-likeness (QED) is 0.515. The molecule has 0 aliphatic heterocycles. The van der Waals surface area contributed by atoms with Crippen LogP contribution in [0.4, 0.5) is 0 Å². The molecule has 1 heterocycles. The zero-order valence-electron chi connectivity index (χ0n) is 16.6. The van der Waals surface area contributed by atoms with Gasteiger partial charge >= 0.3 is 0 Å². The molecule has 0 N–H and O–H groups in total. The number of hydrogen-bond donors (Lipinski definition) is 0. The number of aromatic nitrogens is 2. The van der Waals surface area contributed by atoms with E-state index in [1.165, 1.54) is 16.6 Å². The Labute approximate surface area is 157 Å². The first-order valence-electron chi connectivity index (χ1n) is 9.67. The van der Waals surface area contributed by atoms with Crippen LogP contribution in [0.5, 0.6) is 5.75 Å². The predicted molar refractivity (Wildman–Crippen MR) is 109 cm³/mol. The minimum atomic E-state index is 0.435. The maximum atomic E-state index is 6.27. The molecular formula is C23H30N2O. The van der Waals surface area contributed by atoms with Crippen LogP contribution in [0.25, 0.3) is 11.0 Å². The second kappa shape index (κ2) is 7.94. The summed E-state index contributed by atoms with van der Waals surface area (Å²) in [5, 5.41) is 0. The molecule has 2 aromatic carbocycles. The first kappa shape index (κ1) is 18.5. The van der Waals surface area contributed by atoms with Crippen molar-refractivity contribution >= 4 is 11.0 Å². The first-order valence-corrected chi connectivity index (χ1v) is 9.67. The summed E-state index contributed by atoms with van der Waals surface area (Å²) in [6, 6.07) is 14.8. The summed E-state index contributed by atoms with van der Waals surface area (Å²) in [5.41, 5.74) is 4.71. The molecule has 0 saturated heterocycles. The molecule has 138 valence electrons. The lowest BCUT2D eigenvalue weighted by Crippen LogP contribution is -2.12. The van der Waals surface area contributed by atoms with Crippen molar-refractivity contribution in [2.75, 3.05) is 0 Å². The molecule has 0 saturated carbocycles. The minimum Gasteiger partial charge on any atom is -0.485 e. The number of benzene rings is 2. The Kier molecular flexibility index (Phi) is 5.65. The highest BCUT2D eigenvalue weighted by atomic mass is 16.5. The van der Waals surface area contributed by atoms with Gasteiger partial charge in [-0.2, -0.15) is 0 Å². The third-order valence-electron chi connectivity index (χ3n) is 5.07. The number of fused-ring (bicyclic) bond motifs is 1. The molecule has 3 nitrogen and oxygen atoms in total. The van der Waals surface area contributed by atoms with Crippen molar-refractivity contribution in [3.8, 4) is 5.75 Å². The van der Waals surface area contributed by atoms with Crippen LogP contribution in [-0.2, 0) is 13.2 Å². The van der Waals surface area contributed by atoms with Crippen LogP contribution in [-0.4, -0.2) is 9.55 Å². The highest BCUT2D eigenvalue weighted by Crippen LogP contribution is 2.28. The van der Waals surface area contributed by atoms with Gasteiger partial charge in [-0.15, -0.1) is 0 Å². The summed E-state index contributed by atoms with van der Waals surface area (Å²) in [6.07, 6.45) is 1.15. The van der Waals surface area contributed by atoms with Gasteiger partial charge in [0.05, 0.1) is 11.0 Å². The van der Waals surface area contributed by atoms with E-state index in [0.29, 0.717) is 18.4 Å². The van der Waals surface area contributed by atoms with Crippen LogP contribution in [0, 0.1) is 12.8 Å². The van der Waals surface area contributed by atoms with Crippen molar-refractivity contribution in [1.29, 1.82) is 0 Å². The van der Waals surface area contributed by atoms with Crippen LogP contribution in [0.1, 0.15) is 57.0 Å². The summed E-state index contributed by atoms with van der Waals surface area (Å²) < 4.78 is 8.60. The maximum Gasteiger partial charge on any atom is 0.148 e. The van der Waals surface area contributed by atoms with Gasteiger partial charge in [0.25, 0.3) is 0 Å². The normalized spacial score (nSPS) is 12.7. The van der Waals surface area contributed by atoms with Crippen LogP contribution in [0.3, 0.4) is 0 Å². The van der Waals surface area contributed by atoms with E-state index >= 15 is 0 Å². The lowest BCUT2D eigenvalue weighted by molar-refractivity contribution is 0.282. The molecule has 1 unspecified atom stereocenters. The molecule has 0 aliphatic rings. The second-order valence-corrected chi connectivity index (χ2v) is 7.63. The van der Waals surface area contributed by atoms with Crippen molar-refractivity contribution in [3.63, 3.8) is 0 Å². The topological polar surface area (TPSA) is 27.1 Å². The molecule has 3 heteroatoms. The number of aryl methyl sites for hydroxylation is 1. The fourth-order valence-corrected chi connectivity index (χ4v) is 3.27. The van der Waals surface area contributed by atoms with E-state index < -0.39 is 0 Å². The second-order valence-electron chi connectivity index (χ2n) is 7.63. The molecule has 3 aromatic rings. The first-order chi connectivity index (χ1) is 12.5. The third kappa shape index (κ3) is 3.92. The molecule has 0 radical (unpaired) electrons. The Bertz CT molecular complexity index is 879. The highest BCUT2D eigenvalue weighted by Gasteiger charge is 2.15. The maximum absolute atomic E-state index is 6.27. The van der Waals surface area contributed by atoms with Gasteiger partial charge in [-0.1, -0.05) is 58.4 Å². The average Bonchev–Trinajstić information content (AvgIpc) is 2.97. The molecule has 1 aromatic heterocycles. The zero-order valence-corrected chi connectivity index (χ0v) is 16.6. The predicted octanol–water partition coefficient (Wildman–Crippen LogP) is 6.09. The number of para-hydroxylation sites is 2. The lowest BCUT2D eigenvalue weighted by Gasteiger charge is -2.17. The minimum absolute atomic E-state index is 0.435. The number of rotatable bonds is 7. The fourth-order valence-electron chi connectivity index (χ4n) is 3.27. The van der Waals surface area contributed by atoms with E-state index in [0.717, 1.165) is 30.1 Å². The van der Waals surface area contributed by atoms with Gasteiger partial charge in [0.15, 0.2) is 0 Å². The Hall–Kier alpha value is -2.29. The Balaban J connectivity index is 1.92. The molecule has 3 rings (SSSR count). The average molecular weight is 351 g/mol. The number of hydrogen-bond acceptors (Lipinski definition) is 2. The molecule has 0 aliphatic carbocycles. The summed E-state index contributed by atoms with van der Waals surface area (Å²) >= 11 is 0. The van der Waals surface area contributed by atoms with Crippen molar-refractivity contribution in [2.24, 2.45) is 5.92 Å². The van der Waals surface area contributed by atoms with E-state index in [9.17, 15) is 0 Å². The van der Waals surface area contributed by atoms with Crippen LogP contribution in [0.15, 0.2) is 42.5 Å². The fraction of sp³-hybridized carbons (Fsp3) is 0.435. The summed E-state index contributed by atoms with van der Waals surface area (Å²) in [7, 11) is 0. The molecule has 0 spiro atoms. The molecular weight excluding hydrogens is 320 g/mol. The van der Waals surface area contributed by atoms with E-state index in [-0.39, 0.29) is 0 Å². The smallest absolute Gasteiger partial charge is 0.148 e. The van der Waals surface area contributed by atoms with E-state index in [4.69, 9.17) is 9.72 Å². The third-order valence-corrected chi connectivity index (χ3v) is 5.07. The summed E-state index contributed by atoms with van der Waals surface area (Å²) in [5.74, 6) is 3.02. The van der Waals surface area contributed by atoms with E-state index in [2.05, 4.69) is 75.6 Å². The van der Waals surface area contributed by atoms with E-state index in [1.54, 1.807) is 0 Å². The van der Waals surface area contributed by atoms with Crippen LogP contribution in [0.2, 0.25) is 0 Å². The zero-order chi connectivity index (χ0) is 18.7. The lowest BCUT2D eigenvalue weighted by atomic mass is 10.0. The van der Waals surface area contributed by atoms with E-state index in [1.807, 2.05) is 6.07 Å². The molecule has 0 bridgehead atoms. The molecule has 26 heavy (non-hydrogen) atoms. The number of ether oxygens (including phenoxy) is 1. The monoisotopic (exact) mass is 350 g/mol. The van der Waals surface area contributed by atoms with Crippen molar-refractivity contribution in [3.05, 3.63) is 59.4 Å². The Morgan fingerprint density at radius 2 is 1.85 bits per heavy atom. The van der Waals surface area contributed by atoms with Gasteiger partial charge in [-0.05, 0) is 48.1 Å². The van der Waals surface area contributed by atoms with Gasteiger partial charge in [-0.25, -0.2) is 4.98 Å². The van der Waals surface area contributed by atoms with Crippen LogP contribution < -0.4 is 4.74 Å². The number of nitrogens with zero attached hydrogens (tertiary/aromatic N) is 2. The SMILES string of the molecule is CCC(C)Cn1c(COc2cc(C)ccc2C(C)C)nc2ccccc21. The largest absolute Gasteiger partial charge is 0.485 e. The Morgan fingerprint density at radius 1 is 1.08 bits per heavy atom. The van der Waals surface area contributed by atoms with Gasteiger partial charge in [0.1, 0.15) is 18.2 Å². The van der Waals surface area contributed by atoms with Gasteiger partial charge in [-0.3, -0.25) is 0 Å².